The van der Waals surface area contributed by atoms with Crippen LogP contribution in [0.2, 0.25) is 0 Å². The van der Waals surface area contributed by atoms with Crippen LogP contribution in [0, 0.1) is 0 Å². The first-order valence-corrected chi connectivity index (χ1v) is 9.65. The number of carbonyl (C=O) groups is 1. The van der Waals surface area contributed by atoms with Gasteiger partial charge in [-0.15, -0.1) is 0 Å². The number of rotatable bonds is 9. The smallest absolute Gasteiger partial charge is 0.333 e. The molecular formula is C10H19O4PS2. The topological polar surface area (TPSA) is 66.8 Å². The molecule has 2 N–H and O–H groups in total. The lowest BCUT2D eigenvalue weighted by atomic mass is 10.2. The molecule has 0 atom stereocenters. The summed E-state index contributed by atoms with van der Waals surface area (Å²) < 4.78 is 4.93. The summed E-state index contributed by atoms with van der Waals surface area (Å²) in [6.45, 7) is 5.52. The SMILES string of the molecule is C=C(C)C(=O)OCCCCCCSP(O)(O)=S. The van der Waals surface area contributed by atoms with Crippen molar-refractivity contribution in [2.45, 2.75) is 32.6 Å². The zero-order chi connectivity index (χ0) is 13.3. The summed E-state index contributed by atoms with van der Waals surface area (Å²) >= 11 is 5.52. The van der Waals surface area contributed by atoms with Crippen molar-refractivity contribution in [3.05, 3.63) is 12.2 Å². The molecule has 0 aromatic carbocycles. The van der Waals surface area contributed by atoms with Crippen LogP contribution >= 0.6 is 17.1 Å². The van der Waals surface area contributed by atoms with Crippen LogP contribution in [0.1, 0.15) is 32.6 Å². The largest absolute Gasteiger partial charge is 0.462 e. The van der Waals surface area contributed by atoms with Gasteiger partial charge in [0.2, 0.25) is 5.69 Å². The van der Waals surface area contributed by atoms with Crippen molar-refractivity contribution in [2.75, 3.05) is 12.4 Å². The van der Waals surface area contributed by atoms with Crippen LogP contribution < -0.4 is 0 Å². The van der Waals surface area contributed by atoms with E-state index < -0.39 is 5.69 Å². The minimum Gasteiger partial charge on any atom is -0.462 e. The molecule has 0 unspecified atom stereocenters. The fourth-order valence-electron chi connectivity index (χ4n) is 1.03. The average molecular weight is 298 g/mol. The van der Waals surface area contributed by atoms with Gasteiger partial charge < -0.3 is 14.5 Å². The second-order valence-corrected chi connectivity index (χ2v) is 9.82. The van der Waals surface area contributed by atoms with E-state index in [2.05, 4.69) is 18.4 Å². The van der Waals surface area contributed by atoms with Crippen LogP contribution in [-0.2, 0) is 21.3 Å². The molecule has 7 heteroatoms. The van der Waals surface area contributed by atoms with Gasteiger partial charge in [-0.3, -0.25) is 0 Å². The van der Waals surface area contributed by atoms with Gasteiger partial charge in [0.05, 0.1) is 6.61 Å². The van der Waals surface area contributed by atoms with Crippen molar-refractivity contribution in [1.82, 2.24) is 0 Å². The second-order valence-electron chi connectivity index (χ2n) is 3.65. The van der Waals surface area contributed by atoms with Crippen molar-refractivity contribution < 1.29 is 19.3 Å². The predicted octanol–water partition coefficient (Wildman–Crippen LogP) is 2.61. The lowest BCUT2D eigenvalue weighted by Crippen LogP contribution is -2.06. The Morgan fingerprint density at radius 3 is 2.47 bits per heavy atom. The number of hydrogen-bond acceptors (Lipinski definition) is 4. The van der Waals surface area contributed by atoms with Gasteiger partial charge in [0.15, 0.2) is 0 Å². The van der Waals surface area contributed by atoms with Crippen LogP contribution in [0.5, 0.6) is 0 Å². The van der Waals surface area contributed by atoms with E-state index in [9.17, 15) is 4.79 Å². The number of esters is 1. The van der Waals surface area contributed by atoms with Crippen LogP contribution in [0.15, 0.2) is 12.2 Å². The van der Waals surface area contributed by atoms with Crippen molar-refractivity contribution >= 4 is 34.9 Å². The maximum atomic E-state index is 11.0. The standard InChI is InChI=1S/C10H19O4PS2/c1-9(2)10(11)14-7-5-3-4-6-8-17-15(12,13)16/h1,3-8H2,2H3,(H2,12,13,16). The molecule has 0 rings (SSSR count). The van der Waals surface area contributed by atoms with Gasteiger partial charge in [0, 0.05) is 11.3 Å². The van der Waals surface area contributed by atoms with E-state index in [0.717, 1.165) is 37.1 Å². The van der Waals surface area contributed by atoms with E-state index in [-0.39, 0.29) is 5.97 Å². The van der Waals surface area contributed by atoms with E-state index in [0.29, 0.717) is 17.9 Å². The van der Waals surface area contributed by atoms with Crippen molar-refractivity contribution in [3.8, 4) is 0 Å². The number of unbranched alkanes of at least 4 members (excludes halogenated alkanes) is 3. The normalized spacial score (nSPS) is 11.2. The van der Waals surface area contributed by atoms with E-state index in [4.69, 9.17) is 14.5 Å². The zero-order valence-corrected chi connectivity index (χ0v) is 12.5. The fraction of sp³-hybridized carbons (Fsp3) is 0.700. The van der Waals surface area contributed by atoms with Crippen molar-refractivity contribution in [1.29, 1.82) is 0 Å². The van der Waals surface area contributed by atoms with Gasteiger partial charge in [0.25, 0.3) is 0 Å². The highest BCUT2D eigenvalue weighted by Crippen LogP contribution is 2.50. The highest BCUT2D eigenvalue weighted by molar-refractivity contribution is 8.67. The molecular weight excluding hydrogens is 279 g/mol. The maximum Gasteiger partial charge on any atom is 0.333 e. The monoisotopic (exact) mass is 298 g/mol. The molecule has 17 heavy (non-hydrogen) atoms. The number of carbonyl (C=O) groups excluding carboxylic acids is 1. The summed E-state index contributed by atoms with van der Waals surface area (Å²) in [6.07, 6.45) is 3.62. The third kappa shape index (κ3) is 12.4. The molecule has 0 aliphatic heterocycles. The van der Waals surface area contributed by atoms with E-state index in [1.807, 2.05) is 0 Å². The molecule has 0 spiro atoms. The van der Waals surface area contributed by atoms with Gasteiger partial charge in [-0.2, -0.15) is 0 Å². The lowest BCUT2D eigenvalue weighted by Gasteiger charge is -2.06. The number of hydrogen-bond donors (Lipinski definition) is 2. The fourth-order valence-corrected chi connectivity index (χ4v) is 3.37. The molecule has 0 bridgehead atoms. The lowest BCUT2D eigenvalue weighted by molar-refractivity contribution is -0.139. The molecule has 0 radical (unpaired) electrons. The molecule has 0 aliphatic rings. The summed E-state index contributed by atoms with van der Waals surface area (Å²) in [6, 6.07) is 0. The van der Waals surface area contributed by atoms with Crippen molar-refractivity contribution in [2.24, 2.45) is 0 Å². The van der Waals surface area contributed by atoms with Gasteiger partial charge in [-0.25, -0.2) is 4.79 Å². The first-order chi connectivity index (χ1) is 7.83. The molecule has 0 aromatic heterocycles. The second kappa shape index (κ2) is 9.11. The average Bonchev–Trinajstić information content (AvgIpc) is 2.19. The van der Waals surface area contributed by atoms with Gasteiger partial charge in [-0.1, -0.05) is 30.8 Å². The van der Waals surface area contributed by atoms with E-state index in [1.165, 1.54) is 0 Å². The van der Waals surface area contributed by atoms with Gasteiger partial charge in [0.1, 0.15) is 0 Å². The van der Waals surface area contributed by atoms with E-state index in [1.54, 1.807) is 6.92 Å². The summed E-state index contributed by atoms with van der Waals surface area (Å²) in [5.41, 5.74) is -2.67. The summed E-state index contributed by atoms with van der Waals surface area (Å²) in [5.74, 6) is 0.317. The number of ether oxygens (including phenoxy) is 1. The molecule has 0 aromatic rings. The molecule has 0 fully saturated rings. The zero-order valence-electron chi connectivity index (χ0n) is 9.92. The van der Waals surface area contributed by atoms with Gasteiger partial charge >= 0.3 is 5.97 Å². The Labute approximate surface area is 111 Å². The summed E-state index contributed by atoms with van der Waals surface area (Å²) in [7, 11) is 0. The van der Waals surface area contributed by atoms with Crippen molar-refractivity contribution in [3.63, 3.8) is 0 Å². The molecule has 0 aliphatic carbocycles. The highest BCUT2D eigenvalue weighted by Gasteiger charge is 2.06. The van der Waals surface area contributed by atoms with Crippen LogP contribution in [0.25, 0.3) is 0 Å². The minimum absolute atomic E-state index is 0.346. The summed E-state index contributed by atoms with van der Waals surface area (Å²) in [4.78, 5) is 28.9. The Morgan fingerprint density at radius 2 is 1.94 bits per heavy atom. The summed E-state index contributed by atoms with van der Waals surface area (Å²) in [5, 5.41) is 0. The Bertz CT molecular complexity index is 301. The molecule has 0 amide bonds. The molecule has 4 nitrogen and oxygen atoms in total. The first-order valence-electron chi connectivity index (χ1n) is 5.35. The Balaban J connectivity index is 3.28. The molecule has 0 saturated heterocycles. The van der Waals surface area contributed by atoms with E-state index >= 15 is 0 Å². The van der Waals surface area contributed by atoms with Crippen LogP contribution in [0.3, 0.4) is 0 Å². The van der Waals surface area contributed by atoms with Crippen LogP contribution in [0.4, 0.5) is 0 Å². The maximum absolute atomic E-state index is 11.0. The Hall–Kier alpha value is 0.130. The molecule has 0 saturated carbocycles. The Morgan fingerprint density at radius 1 is 1.35 bits per heavy atom. The quantitative estimate of drug-likeness (QED) is 0.295. The highest BCUT2D eigenvalue weighted by atomic mass is 32.9. The third-order valence-corrected chi connectivity index (χ3v) is 5.19. The third-order valence-electron chi connectivity index (χ3n) is 1.88. The molecule has 100 valence electrons. The predicted molar refractivity (Wildman–Crippen MR) is 75.4 cm³/mol. The van der Waals surface area contributed by atoms with Gasteiger partial charge in [-0.05, 0) is 31.6 Å². The first kappa shape index (κ1) is 17.1. The Kier molecular flexibility index (Phi) is 9.18. The van der Waals surface area contributed by atoms with Crippen LogP contribution in [-0.4, -0.2) is 28.1 Å². The minimum atomic E-state index is -3.08. The molecule has 0 heterocycles.